The average molecular weight is 262 g/mol. The van der Waals surface area contributed by atoms with E-state index >= 15 is 0 Å². The number of aryl methyl sites for hydroxylation is 1. The molecule has 0 fully saturated rings. The van der Waals surface area contributed by atoms with E-state index in [1.807, 2.05) is 11.3 Å². The van der Waals surface area contributed by atoms with Crippen LogP contribution in [0.25, 0.3) is 0 Å². The molecule has 0 amide bonds. The molecule has 0 aromatic carbocycles. The van der Waals surface area contributed by atoms with Crippen molar-refractivity contribution >= 4 is 11.3 Å². The Morgan fingerprint density at radius 2 is 2.22 bits per heavy atom. The van der Waals surface area contributed by atoms with Crippen molar-refractivity contribution in [3.63, 3.8) is 0 Å². The number of aromatic nitrogens is 1. The third kappa shape index (κ3) is 3.47. The highest BCUT2D eigenvalue weighted by atomic mass is 32.1. The molecule has 1 atom stereocenters. The number of hydrogen-bond acceptors (Lipinski definition) is 2. The second-order valence-electron chi connectivity index (χ2n) is 4.61. The molecule has 1 N–H and O–H groups in total. The second kappa shape index (κ2) is 6.76. The molecule has 3 heteroatoms. The largest absolute Gasteiger partial charge is 0.354 e. The fourth-order valence-corrected chi connectivity index (χ4v) is 3.05. The smallest absolute Gasteiger partial charge is 0.0414 e. The van der Waals surface area contributed by atoms with Crippen LogP contribution in [0.15, 0.2) is 36.0 Å². The fourth-order valence-electron chi connectivity index (χ4n) is 2.17. The molecule has 0 aliphatic rings. The number of nitrogens with zero attached hydrogens (tertiary/aromatic N) is 1. The van der Waals surface area contributed by atoms with E-state index in [4.69, 9.17) is 0 Å². The van der Waals surface area contributed by atoms with Gasteiger partial charge in [-0.2, -0.15) is 0 Å². The number of nitrogens with one attached hydrogen (secondary N) is 1. The Morgan fingerprint density at radius 1 is 1.33 bits per heavy atom. The van der Waals surface area contributed by atoms with Gasteiger partial charge in [0, 0.05) is 36.4 Å². The predicted molar refractivity (Wildman–Crippen MR) is 78.9 cm³/mol. The third-order valence-corrected chi connectivity index (χ3v) is 4.13. The molecule has 18 heavy (non-hydrogen) atoms. The van der Waals surface area contributed by atoms with E-state index in [0.29, 0.717) is 6.04 Å². The summed E-state index contributed by atoms with van der Waals surface area (Å²) >= 11 is 1.84. The Balaban J connectivity index is 1.89. The number of hydrogen-bond donors (Lipinski definition) is 1. The first-order chi connectivity index (χ1) is 8.83. The Kier molecular flexibility index (Phi) is 5.02. The zero-order chi connectivity index (χ0) is 12.8. The maximum absolute atomic E-state index is 3.64. The Morgan fingerprint density at radius 3 is 2.89 bits per heavy atom. The van der Waals surface area contributed by atoms with Crippen LogP contribution in [-0.2, 0) is 13.1 Å². The van der Waals surface area contributed by atoms with Crippen LogP contribution in [0.4, 0.5) is 0 Å². The summed E-state index contributed by atoms with van der Waals surface area (Å²) in [5.74, 6) is 0. The minimum atomic E-state index is 0.486. The van der Waals surface area contributed by atoms with E-state index in [9.17, 15) is 0 Å². The molecule has 2 nitrogen and oxygen atoms in total. The highest BCUT2D eigenvalue weighted by Gasteiger charge is 2.09. The summed E-state index contributed by atoms with van der Waals surface area (Å²) in [5.41, 5.74) is 1.37. The van der Waals surface area contributed by atoms with Crippen LogP contribution >= 0.6 is 11.3 Å². The lowest BCUT2D eigenvalue weighted by molar-refractivity contribution is 0.526. The predicted octanol–water partition coefficient (Wildman–Crippen LogP) is 4.20. The Labute approximate surface area is 114 Å². The fraction of sp³-hybridized carbons (Fsp3) is 0.467. The van der Waals surface area contributed by atoms with Gasteiger partial charge in [-0.3, -0.25) is 0 Å². The van der Waals surface area contributed by atoms with Crippen LogP contribution in [0, 0.1) is 0 Å². The molecular weight excluding hydrogens is 240 g/mol. The second-order valence-corrected chi connectivity index (χ2v) is 5.59. The molecule has 0 radical (unpaired) electrons. The van der Waals surface area contributed by atoms with Crippen molar-refractivity contribution in [1.82, 2.24) is 9.88 Å². The third-order valence-electron chi connectivity index (χ3n) is 3.14. The average Bonchev–Trinajstić information content (AvgIpc) is 3.02. The van der Waals surface area contributed by atoms with Gasteiger partial charge in [-0.25, -0.2) is 0 Å². The van der Waals surface area contributed by atoms with Crippen molar-refractivity contribution in [2.45, 2.75) is 45.8 Å². The van der Waals surface area contributed by atoms with Crippen molar-refractivity contribution in [2.75, 3.05) is 0 Å². The lowest BCUT2D eigenvalue weighted by atomic mass is 10.2. The van der Waals surface area contributed by atoms with Gasteiger partial charge < -0.3 is 9.88 Å². The summed E-state index contributed by atoms with van der Waals surface area (Å²) in [5, 5.41) is 5.79. The SMILES string of the molecule is CCCn1ccc(CNC(CC)c2cccs2)c1. The first-order valence-electron chi connectivity index (χ1n) is 6.75. The van der Waals surface area contributed by atoms with E-state index < -0.39 is 0 Å². The minimum absolute atomic E-state index is 0.486. The van der Waals surface area contributed by atoms with Gasteiger partial charge in [0.25, 0.3) is 0 Å². The summed E-state index contributed by atoms with van der Waals surface area (Å²) in [7, 11) is 0. The van der Waals surface area contributed by atoms with Gasteiger partial charge in [0.05, 0.1) is 0 Å². The zero-order valence-corrected chi connectivity index (χ0v) is 12.0. The Hall–Kier alpha value is -1.06. The molecule has 0 aliphatic heterocycles. The van der Waals surface area contributed by atoms with E-state index in [2.05, 4.69) is 59.7 Å². The molecule has 2 rings (SSSR count). The summed E-state index contributed by atoms with van der Waals surface area (Å²) in [6.45, 7) is 6.51. The Bertz CT molecular complexity index is 445. The van der Waals surface area contributed by atoms with Crippen LogP contribution < -0.4 is 5.32 Å². The summed E-state index contributed by atoms with van der Waals surface area (Å²) in [6.07, 6.45) is 6.74. The van der Waals surface area contributed by atoms with E-state index in [1.54, 1.807) is 0 Å². The normalized spacial score (nSPS) is 12.8. The quantitative estimate of drug-likeness (QED) is 0.791. The van der Waals surface area contributed by atoms with Gasteiger partial charge >= 0.3 is 0 Å². The molecule has 0 aliphatic carbocycles. The summed E-state index contributed by atoms with van der Waals surface area (Å²) < 4.78 is 2.27. The topological polar surface area (TPSA) is 17.0 Å². The van der Waals surface area contributed by atoms with Gasteiger partial charge in [0.15, 0.2) is 0 Å². The van der Waals surface area contributed by atoms with Crippen LogP contribution in [0.2, 0.25) is 0 Å². The maximum atomic E-state index is 3.64. The lowest BCUT2D eigenvalue weighted by Gasteiger charge is -2.14. The molecule has 2 aromatic rings. The molecule has 0 saturated carbocycles. The van der Waals surface area contributed by atoms with Crippen molar-refractivity contribution in [3.8, 4) is 0 Å². The van der Waals surface area contributed by atoms with Gasteiger partial charge in [0.2, 0.25) is 0 Å². The first kappa shape index (κ1) is 13.4. The lowest BCUT2D eigenvalue weighted by Crippen LogP contribution is -2.19. The molecule has 0 saturated heterocycles. The minimum Gasteiger partial charge on any atom is -0.354 e. The summed E-state index contributed by atoms with van der Waals surface area (Å²) in [6, 6.07) is 7.04. The first-order valence-corrected chi connectivity index (χ1v) is 7.63. The molecule has 1 unspecified atom stereocenters. The van der Waals surface area contributed by atoms with Crippen LogP contribution in [0.3, 0.4) is 0 Å². The monoisotopic (exact) mass is 262 g/mol. The van der Waals surface area contributed by atoms with E-state index in [-0.39, 0.29) is 0 Å². The van der Waals surface area contributed by atoms with Crippen molar-refractivity contribution in [3.05, 3.63) is 46.4 Å². The molecular formula is C15H22N2S. The van der Waals surface area contributed by atoms with Crippen molar-refractivity contribution in [1.29, 1.82) is 0 Å². The standard InChI is InChI=1S/C15H22N2S/c1-3-8-17-9-7-13(12-17)11-16-14(4-2)15-6-5-10-18-15/h5-7,9-10,12,14,16H,3-4,8,11H2,1-2H3. The molecule has 98 valence electrons. The van der Waals surface area contributed by atoms with Gasteiger partial charge in [-0.15, -0.1) is 11.3 Å². The highest BCUT2D eigenvalue weighted by Crippen LogP contribution is 2.22. The molecule has 0 spiro atoms. The van der Waals surface area contributed by atoms with Crippen LogP contribution in [0.5, 0.6) is 0 Å². The maximum Gasteiger partial charge on any atom is 0.0414 e. The van der Waals surface area contributed by atoms with Gasteiger partial charge in [-0.1, -0.05) is 19.9 Å². The summed E-state index contributed by atoms with van der Waals surface area (Å²) in [4.78, 5) is 1.44. The molecule has 2 heterocycles. The van der Waals surface area contributed by atoms with Gasteiger partial charge in [-0.05, 0) is 35.9 Å². The van der Waals surface area contributed by atoms with E-state index in [1.165, 1.54) is 16.9 Å². The number of thiophene rings is 1. The molecule has 0 bridgehead atoms. The number of rotatable bonds is 7. The van der Waals surface area contributed by atoms with E-state index in [0.717, 1.165) is 19.5 Å². The van der Waals surface area contributed by atoms with Gasteiger partial charge in [0.1, 0.15) is 0 Å². The zero-order valence-electron chi connectivity index (χ0n) is 11.2. The van der Waals surface area contributed by atoms with Crippen molar-refractivity contribution < 1.29 is 0 Å². The van der Waals surface area contributed by atoms with Crippen molar-refractivity contribution in [2.24, 2.45) is 0 Å². The highest BCUT2D eigenvalue weighted by molar-refractivity contribution is 7.10. The van der Waals surface area contributed by atoms with Crippen LogP contribution in [0.1, 0.15) is 43.2 Å². The molecule has 2 aromatic heterocycles. The van der Waals surface area contributed by atoms with Crippen LogP contribution in [-0.4, -0.2) is 4.57 Å².